The van der Waals surface area contributed by atoms with E-state index in [0.29, 0.717) is 12.2 Å². The second-order valence-corrected chi connectivity index (χ2v) is 8.50. The van der Waals surface area contributed by atoms with Gasteiger partial charge in [-0.25, -0.2) is 0 Å². The van der Waals surface area contributed by atoms with Crippen LogP contribution in [0.5, 0.6) is 0 Å². The first-order valence-electron chi connectivity index (χ1n) is 10.4. The van der Waals surface area contributed by atoms with Crippen molar-refractivity contribution in [2.45, 2.75) is 38.9 Å². The molecule has 3 aromatic carbocycles. The lowest BCUT2D eigenvalue weighted by Gasteiger charge is -2.12. The second kappa shape index (κ2) is 9.35. The zero-order valence-corrected chi connectivity index (χ0v) is 18.9. The fraction of sp³-hybridized carbons (Fsp3) is 0.240. The smallest absolute Gasteiger partial charge is 0.234 e. The van der Waals surface area contributed by atoms with Gasteiger partial charge in [0, 0.05) is 18.7 Å². The maximum atomic E-state index is 12.5. The predicted molar refractivity (Wildman–Crippen MR) is 128 cm³/mol. The number of fused-ring (bicyclic) bond motifs is 1. The molecule has 0 aliphatic carbocycles. The highest BCUT2D eigenvalue weighted by Crippen LogP contribution is 2.24. The molecule has 0 fully saturated rings. The Kier molecular flexibility index (Phi) is 6.37. The highest BCUT2D eigenvalue weighted by molar-refractivity contribution is 7.99. The van der Waals surface area contributed by atoms with Gasteiger partial charge in [-0.2, -0.15) is 0 Å². The van der Waals surface area contributed by atoms with Gasteiger partial charge in [-0.15, -0.1) is 10.2 Å². The van der Waals surface area contributed by atoms with E-state index >= 15 is 0 Å². The van der Waals surface area contributed by atoms with Crippen molar-refractivity contribution >= 4 is 34.1 Å². The number of rotatable bonds is 7. The van der Waals surface area contributed by atoms with Crippen LogP contribution in [0.2, 0.25) is 0 Å². The van der Waals surface area contributed by atoms with Crippen molar-refractivity contribution in [3.8, 4) is 0 Å². The van der Waals surface area contributed by atoms with Gasteiger partial charge in [-0.1, -0.05) is 72.4 Å². The number of amides is 1. The van der Waals surface area contributed by atoms with Gasteiger partial charge in [0.25, 0.3) is 0 Å². The minimum absolute atomic E-state index is 0.0383. The van der Waals surface area contributed by atoms with E-state index in [9.17, 15) is 4.79 Å². The molecular formula is C25H26N4OS. The van der Waals surface area contributed by atoms with Gasteiger partial charge in [-0.3, -0.25) is 4.79 Å². The number of nitrogens with one attached hydrogen (secondary N) is 1. The van der Waals surface area contributed by atoms with Gasteiger partial charge in [0.15, 0.2) is 5.16 Å². The number of para-hydroxylation sites is 1. The van der Waals surface area contributed by atoms with E-state index in [4.69, 9.17) is 0 Å². The first kappa shape index (κ1) is 21.1. The van der Waals surface area contributed by atoms with Gasteiger partial charge in [0.1, 0.15) is 5.82 Å². The zero-order valence-electron chi connectivity index (χ0n) is 18.1. The molecule has 4 rings (SSSR count). The summed E-state index contributed by atoms with van der Waals surface area (Å²) in [7, 11) is 0. The Balaban J connectivity index is 1.47. The highest BCUT2D eigenvalue weighted by Gasteiger charge is 2.15. The van der Waals surface area contributed by atoms with Gasteiger partial charge >= 0.3 is 0 Å². The monoisotopic (exact) mass is 430 g/mol. The third-order valence-corrected chi connectivity index (χ3v) is 6.38. The molecule has 1 amide bonds. The van der Waals surface area contributed by atoms with Gasteiger partial charge in [0.05, 0.1) is 5.75 Å². The molecule has 1 aromatic heterocycles. The van der Waals surface area contributed by atoms with Crippen molar-refractivity contribution in [1.29, 1.82) is 0 Å². The predicted octanol–water partition coefficient (Wildman–Crippen LogP) is 5.39. The van der Waals surface area contributed by atoms with Crippen LogP contribution in [0.15, 0.2) is 65.8 Å². The average Bonchev–Trinajstić information content (AvgIpc) is 3.16. The molecule has 0 radical (unpaired) electrons. The Labute approximate surface area is 186 Å². The Morgan fingerprint density at radius 1 is 0.968 bits per heavy atom. The van der Waals surface area contributed by atoms with E-state index in [-0.39, 0.29) is 5.91 Å². The van der Waals surface area contributed by atoms with E-state index in [1.165, 1.54) is 28.1 Å². The number of thioether (sulfide) groups is 1. The van der Waals surface area contributed by atoms with E-state index in [0.717, 1.165) is 34.3 Å². The Morgan fingerprint density at radius 3 is 2.45 bits per heavy atom. The fourth-order valence-corrected chi connectivity index (χ4v) is 4.63. The summed E-state index contributed by atoms with van der Waals surface area (Å²) in [6, 6.07) is 20.7. The standard InChI is InChI=1S/C25H26N4OS/c1-4-29-22(15-20-13-8-12-19-11-5-6-14-21(19)20)27-28-25(29)31-16-23(30)26-24-17(2)9-7-10-18(24)3/h5-14H,4,15-16H2,1-3H3,(H,26,30). The number of carbonyl (C=O) groups excluding carboxylic acids is 1. The van der Waals surface area contributed by atoms with E-state index in [2.05, 4.69) is 69.5 Å². The molecule has 4 aromatic rings. The van der Waals surface area contributed by atoms with E-state index in [1.807, 2.05) is 32.0 Å². The van der Waals surface area contributed by atoms with Gasteiger partial charge in [0.2, 0.25) is 5.91 Å². The Morgan fingerprint density at radius 2 is 1.68 bits per heavy atom. The lowest BCUT2D eigenvalue weighted by Crippen LogP contribution is -2.16. The number of benzene rings is 3. The molecule has 158 valence electrons. The van der Waals surface area contributed by atoms with Crippen molar-refractivity contribution in [3.05, 3.63) is 83.2 Å². The van der Waals surface area contributed by atoms with Crippen LogP contribution >= 0.6 is 11.8 Å². The molecule has 0 aliphatic heterocycles. The van der Waals surface area contributed by atoms with Gasteiger partial charge in [-0.05, 0) is 48.2 Å². The first-order valence-corrected chi connectivity index (χ1v) is 11.4. The van der Waals surface area contributed by atoms with Crippen molar-refractivity contribution < 1.29 is 4.79 Å². The summed E-state index contributed by atoms with van der Waals surface area (Å²) in [5.74, 6) is 1.17. The summed E-state index contributed by atoms with van der Waals surface area (Å²) in [6.07, 6.45) is 0.706. The van der Waals surface area contributed by atoms with Gasteiger partial charge < -0.3 is 9.88 Å². The summed E-state index contributed by atoms with van der Waals surface area (Å²) in [5, 5.41) is 15.1. The number of anilines is 1. The molecular weight excluding hydrogens is 404 g/mol. The number of carbonyl (C=O) groups is 1. The van der Waals surface area contributed by atoms with Crippen molar-refractivity contribution in [2.24, 2.45) is 0 Å². The molecule has 1 N–H and O–H groups in total. The first-order chi connectivity index (χ1) is 15.1. The molecule has 0 unspecified atom stereocenters. The summed E-state index contributed by atoms with van der Waals surface area (Å²) in [6.45, 7) is 6.84. The minimum atomic E-state index is -0.0383. The summed E-state index contributed by atoms with van der Waals surface area (Å²) < 4.78 is 2.10. The van der Waals surface area contributed by atoms with E-state index < -0.39 is 0 Å². The molecule has 0 saturated heterocycles. The SMILES string of the molecule is CCn1c(Cc2cccc3ccccc23)nnc1SCC(=O)Nc1c(C)cccc1C. The molecule has 6 heteroatoms. The molecule has 5 nitrogen and oxygen atoms in total. The number of hydrogen-bond donors (Lipinski definition) is 1. The molecule has 31 heavy (non-hydrogen) atoms. The average molecular weight is 431 g/mol. The topological polar surface area (TPSA) is 59.8 Å². The molecule has 0 saturated carbocycles. The van der Waals surface area contributed by atoms with Crippen LogP contribution < -0.4 is 5.32 Å². The molecule has 0 bridgehead atoms. The lowest BCUT2D eigenvalue weighted by atomic mass is 10.0. The van der Waals surface area contributed by atoms with Crippen molar-refractivity contribution in [1.82, 2.24) is 14.8 Å². The molecule has 0 atom stereocenters. The molecule has 1 heterocycles. The maximum absolute atomic E-state index is 12.5. The summed E-state index contributed by atoms with van der Waals surface area (Å²) in [5.41, 5.74) is 4.24. The Bertz CT molecular complexity index is 1210. The van der Waals surface area contributed by atoms with Crippen LogP contribution in [0.3, 0.4) is 0 Å². The van der Waals surface area contributed by atoms with Crippen LogP contribution in [0.25, 0.3) is 10.8 Å². The third-order valence-electron chi connectivity index (χ3n) is 5.42. The normalized spacial score (nSPS) is 11.1. The largest absolute Gasteiger partial charge is 0.325 e. The van der Waals surface area contributed by atoms with E-state index in [1.54, 1.807) is 0 Å². The van der Waals surface area contributed by atoms with Crippen molar-refractivity contribution in [3.63, 3.8) is 0 Å². The minimum Gasteiger partial charge on any atom is -0.325 e. The number of aryl methyl sites for hydroxylation is 2. The molecule has 0 spiro atoms. The number of aromatic nitrogens is 3. The van der Waals surface area contributed by atoms with Crippen molar-refractivity contribution in [2.75, 3.05) is 11.1 Å². The molecule has 0 aliphatic rings. The zero-order chi connectivity index (χ0) is 21.8. The Hall–Kier alpha value is -3.12. The van der Waals surface area contributed by atoms with Crippen LogP contribution in [-0.4, -0.2) is 26.4 Å². The highest BCUT2D eigenvalue weighted by atomic mass is 32.2. The maximum Gasteiger partial charge on any atom is 0.234 e. The number of hydrogen-bond acceptors (Lipinski definition) is 4. The lowest BCUT2D eigenvalue weighted by molar-refractivity contribution is -0.113. The van der Waals surface area contributed by atoms with Crippen LogP contribution in [0, 0.1) is 13.8 Å². The quantitative estimate of drug-likeness (QED) is 0.399. The van der Waals surface area contributed by atoms with Crippen LogP contribution in [0.1, 0.15) is 29.4 Å². The van der Waals surface area contributed by atoms with Crippen LogP contribution in [-0.2, 0) is 17.8 Å². The third kappa shape index (κ3) is 4.64. The number of nitrogens with zero attached hydrogens (tertiary/aromatic N) is 3. The second-order valence-electron chi connectivity index (χ2n) is 7.56. The summed E-state index contributed by atoms with van der Waals surface area (Å²) >= 11 is 1.42. The fourth-order valence-electron chi connectivity index (χ4n) is 3.81. The van der Waals surface area contributed by atoms with Crippen LogP contribution in [0.4, 0.5) is 5.69 Å². The summed E-state index contributed by atoms with van der Waals surface area (Å²) in [4.78, 5) is 12.5.